The molecule has 0 spiro atoms. The van der Waals surface area contributed by atoms with Gasteiger partial charge in [-0.25, -0.2) is 4.39 Å². The summed E-state index contributed by atoms with van der Waals surface area (Å²) in [6.45, 7) is 3.89. The Morgan fingerprint density at radius 2 is 2.06 bits per heavy atom. The minimum atomic E-state index is -0.431. The maximum atomic E-state index is 14.1. The van der Waals surface area contributed by atoms with Crippen molar-refractivity contribution in [2.45, 2.75) is 24.8 Å². The number of nitrogens with zero attached hydrogens (tertiary/aromatic N) is 4. The molecule has 31 heavy (non-hydrogen) atoms. The van der Waals surface area contributed by atoms with Gasteiger partial charge in [0.05, 0.1) is 19.9 Å². The molecule has 3 rings (SSSR count). The zero-order valence-electron chi connectivity index (χ0n) is 17.1. The molecule has 162 valence electrons. The first-order valence-corrected chi connectivity index (χ1v) is 10.7. The molecule has 0 aliphatic carbocycles. The molecule has 10 heteroatoms. The first-order valence-electron chi connectivity index (χ1n) is 9.31. The van der Waals surface area contributed by atoms with Gasteiger partial charge in [-0.05, 0) is 49.7 Å². The van der Waals surface area contributed by atoms with Gasteiger partial charge in [0.25, 0.3) is 5.56 Å². The normalized spacial score (nSPS) is 11.1. The van der Waals surface area contributed by atoms with Gasteiger partial charge < -0.3 is 9.47 Å². The van der Waals surface area contributed by atoms with Gasteiger partial charge in [0, 0.05) is 16.3 Å². The van der Waals surface area contributed by atoms with Gasteiger partial charge >= 0.3 is 0 Å². The zero-order chi connectivity index (χ0) is 22.4. The van der Waals surface area contributed by atoms with Crippen LogP contribution in [0.4, 0.5) is 4.39 Å². The van der Waals surface area contributed by atoms with E-state index < -0.39 is 11.4 Å². The van der Waals surface area contributed by atoms with Crippen LogP contribution in [0.2, 0.25) is 5.02 Å². The van der Waals surface area contributed by atoms with Gasteiger partial charge in [-0.2, -0.15) is 9.78 Å². The van der Waals surface area contributed by atoms with Crippen molar-refractivity contribution in [2.24, 2.45) is 5.10 Å². The van der Waals surface area contributed by atoms with Crippen LogP contribution in [0.3, 0.4) is 0 Å². The minimum absolute atomic E-state index is 0.162. The second-order valence-electron chi connectivity index (χ2n) is 6.26. The monoisotopic (exact) mass is 462 g/mol. The van der Waals surface area contributed by atoms with Gasteiger partial charge in [0.2, 0.25) is 5.16 Å². The third kappa shape index (κ3) is 5.42. The Hall–Kier alpha value is -2.91. The fraction of sp³-hybridized carbons (Fsp3) is 0.238. The van der Waals surface area contributed by atoms with E-state index in [1.807, 2.05) is 6.92 Å². The first kappa shape index (κ1) is 22.8. The van der Waals surface area contributed by atoms with E-state index in [2.05, 4.69) is 15.3 Å². The lowest BCUT2D eigenvalue weighted by Crippen LogP contribution is -2.23. The van der Waals surface area contributed by atoms with E-state index in [0.717, 1.165) is 16.4 Å². The first-order chi connectivity index (χ1) is 14.9. The van der Waals surface area contributed by atoms with Crippen molar-refractivity contribution in [3.8, 4) is 11.5 Å². The Balaban J connectivity index is 1.91. The van der Waals surface area contributed by atoms with Crippen molar-refractivity contribution in [3.05, 3.63) is 74.4 Å². The van der Waals surface area contributed by atoms with Crippen molar-refractivity contribution in [1.29, 1.82) is 0 Å². The van der Waals surface area contributed by atoms with Crippen molar-refractivity contribution in [2.75, 3.05) is 13.7 Å². The molecule has 0 saturated heterocycles. The molecule has 2 aromatic carbocycles. The summed E-state index contributed by atoms with van der Waals surface area (Å²) in [5, 5.41) is 12.7. The Morgan fingerprint density at radius 1 is 1.26 bits per heavy atom. The van der Waals surface area contributed by atoms with E-state index in [-0.39, 0.29) is 16.6 Å². The minimum Gasteiger partial charge on any atom is -0.493 e. The average molecular weight is 463 g/mol. The lowest BCUT2D eigenvalue weighted by atomic mass is 10.2. The summed E-state index contributed by atoms with van der Waals surface area (Å²) in [6.07, 6.45) is 1.50. The molecule has 7 nitrogen and oxygen atoms in total. The highest BCUT2D eigenvalue weighted by Crippen LogP contribution is 2.28. The predicted octanol–water partition coefficient (Wildman–Crippen LogP) is 4.32. The molecule has 1 heterocycles. The summed E-state index contributed by atoms with van der Waals surface area (Å²) >= 11 is 7.20. The van der Waals surface area contributed by atoms with Crippen LogP contribution in [0.25, 0.3) is 0 Å². The van der Waals surface area contributed by atoms with Crippen molar-refractivity contribution < 1.29 is 13.9 Å². The molecule has 0 fully saturated rings. The van der Waals surface area contributed by atoms with Crippen LogP contribution in [0.5, 0.6) is 11.5 Å². The van der Waals surface area contributed by atoms with Gasteiger partial charge in [-0.15, -0.1) is 10.2 Å². The van der Waals surface area contributed by atoms with Gasteiger partial charge in [-0.1, -0.05) is 29.4 Å². The Morgan fingerprint density at radius 3 is 2.77 bits per heavy atom. The summed E-state index contributed by atoms with van der Waals surface area (Å²) in [5.41, 5.74) is 0.775. The lowest BCUT2D eigenvalue weighted by molar-refractivity contribution is 0.311. The SMILES string of the molecule is CCOc1cc(/C=N/n2c(SCc3c(F)cccc3Cl)nnc(C)c2=O)ccc1OC. The maximum absolute atomic E-state index is 14.1. The highest BCUT2D eigenvalue weighted by molar-refractivity contribution is 7.98. The molecular weight excluding hydrogens is 443 g/mol. The highest BCUT2D eigenvalue weighted by atomic mass is 35.5. The fourth-order valence-corrected chi connectivity index (χ4v) is 3.83. The molecule has 0 unspecified atom stereocenters. The molecule has 0 atom stereocenters. The molecule has 0 N–H and O–H groups in total. The number of aromatic nitrogens is 3. The molecule has 1 aromatic heterocycles. The molecule has 0 aliphatic rings. The topological polar surface area (TPSA) is 78.6 Å². The molecule has 0 aliphatic heterocycles. The predicted molar refractivity (Wildman–Crippen MR) is 119 cm³/mol. The van der Waals surface area contributed by atoms with Crippen LogP contribution in [-0.2, 0) is 5.75 Å². The van der Waals surface area contributed by atoms with Crippen LogP contribution in [0.15, 0.2) is 51.5 Å². The number of ether oxygens (including phenoxy) is 2. The van der Waals surface area contributed by atoms with Gasteiger partial charge in [-0.3, -0.25) is 4.79 Å². The van der Waals surface area contributed by atoms with Gasteiger partial charge in [0.15, 0.2) is 11.5 Å². The Bertz CT molecular complexity index is 1150. The van der Waals surface area contributed by atoms with E-state index in [1.165, 1.54) is 18.3 Å². The van der Waals surface area contributed by atoms with Crippen LogP contribution < -0.4 is 15.0 Å². The number of methoxy groups -OCH3 is 1. The zero-order valence-corrected chi connectivity index (χ0v) is 18.7. The molecule has 0 radical (unpaired) electrons. The summed E-state index contributed by atoms with van der Waals surface area (Å²) in [6, 6.07) is 9.75. The molecule has 0 saturated carbocycles. The van der Waals surface area contributed by atoms with Gasteiger partial charge in [0.1, 0.15) is 11.5 Å². The lowest BCUT2D eigenvalue weighted by Gasteiger charge is -2.10. The summed E-state index contributed by atoms with van der Waals surface area (Å²) in [7, 11) is 1.56. The smallest absolute Gasteiger partial charge is 0.296 e. The summed E-state index contributed by atoms with van der Waals surface area (Å²) in [5.74, 6) is 0.888. The summed E-state index contributed by atoms with van der Waals surface area (Å²) in [4.78, 5) is 12.6. The van der Waals surface area contributed by atoms with E-state index in [9.17, 15) is 9.18 Å². The highest BCUT2D eigenvalue weighted by Gasteiger charge is 2.13. The number of rotatable bonds is 8. The van der Waals surface area contributed by atoms with E-state index in [0.29, 0.717) is 34.3 Å². The van der Waals surface area contributed by atoms with Crippen LogP contribution in [0, 0.1) is 12.7 Å². The Labute approximate surface area is 187 Å². The molecule has 0 amide bonds. The second kappa shape index (κ2) is 10.4. The van der Waals surface area contributed by atoms with E-state index in [1.54, 1.807) is 38.3 Å². The fourth-order valence-electron chi connectivity index (χ4n) is 2.61. The summed E-state index contributed by atoms with van der Waals surface area (Å²) < 4.78 is 26.0. The third-order valence-electron chi connectivity index (χ3n) is 4.19. The number of halogens is 2. The molecular formula is C21H20ClFN4O3S. The largest absolute Gasteiger partial charge is 0.493 e. The van der Waals surface area contributed by atoms with Crippen molar-refractivity contribution in [3.63, 3.8) is 0 Å². The maximum Gasteiger partial charge on any atom is 0.296 e. The van der Waals surface area contributed by atoms with Crippen molar-refractivity contribution >= 4 is 29.6 Å². The van der Waals surface area contributed by atoms with E-state index in [4.69, 9.17) is 21.1 Å². The average Bonchev–Trinajstić information content (AvgIpc) is 2.75. The quantitative estimate of drug-likeness (QED) is 0.366. The number of hydrogen-bond donors (Lipinski definition) is 0. The van der Waals surface area contributed by atoms with Crippen LogP contribution in [-0.4, -0.2) is 34.8 Å². The Kier molecular flexibility index (Phi) is 7.64. The third-order valence-corrected chi connectivity index (χ3v) is 5.49. The molecule has 0 bridgehead atoms. The number of thioether (sulfide) groups is 1. The standard InChI is InChI=1S/C21H20ClFN4O3S/c1-4-30-19-10-14(8-9-18(19)29-3)11-24-27-20(28)13(2)25-26-21(27)31-12-15-16(22)6-5-7-17(15)23/h5-11H,4,12H2,1-3H3/b24-11+. The van der Waals surface area contributed by atoms with Crippen molar-refractivity contribution in [1.82, 2.24) is 14.9 Å². The second-order valence-corrected chi connectivity index (χ2v) is 7.61. The van der Waals surface area contributed by atoms with Crippen LogP contribution in [0.1, 0.15) is 23.7 Å². The number of benzene rings is 2. The van der Waals surface area contributed by atoms with Crippen LogP contribution >= 0.6 is 23.4 Å². The molecule has 3 aromatic rings. The van der Waals surface area contributed by atoms with E-state index >= 15 is 0 Å². The number of hydrogen-bond acceptors (Lipinski definition) is 7. The number of aryl methyl sites for hydroxylation is 1.